The van der Waals surface area contributed by atoms with E-state index >= 15 is 0 Å². The zero-order valence-corrected chi connectivity index (χ0v) is 13.3. The zero-order chi connectivity index (χ0) is 16.4. The highest BCUT2D eigenvalue weighted by atomic mass is 32.1. The molecule has 0 aliphatic carbocycles. The number of rotatable bonds is 5. The van der Waals surface area contributed by atoms with Crippen LogP contribution in [0.5, 0.6) is 0 Å². The molecule has 0 spiro atoms. The Hall–Kier alpha value is -2.26. The predicted molar refractivity (Wildman–Crippen MR) is 81.3 cm³/mol. The lowest BCUT2D eigenvalue weighted by molar-refractivity contribution is -0.141. The van der Waals surface area contributed by atoms with Gasteiger partial charge in [0, 0.05) is 25.0 Å². The number of nitrogens with zero attached hydrogens (tertiary/aromatic N) is 4. The molecule has 1 N–H and O–H groups in total. The summed E-state index contributed by atoms with van der Waals surface area (Å²) in [5, 5.41) is 19.1. The molecule has 1 saturated heterocycles. The Labute approximate surface area is 136 Å². The Morgan fingerprint density at radius 1 is 1.52 bits per heavy atom. The molecular formula is C14H16N4O4S. The van der Waals surface area contributed by atoms with Gasteiger partial charge >= 0.3 is 5.97 Å². The van der Waals surface area contributed by atoms with Crippen LogP contribution in [0.4, 0.5) is 0 Å². The standard InChI is InChI=1S/C14H16N4O4S/c1-22-9-5-12(14(20)21)18(6-9)13(19)11-8-17(16-15-11)7-10-3-2-4-23-10/h2-4,8-9,12H,5-7H2,1H3,(H,20,21). The first-order chi connectivity index (χ1) is 11.1. The number of ether oxygens (including phenoxy) is 1. The van der Waals surface area contributed by atoms with Crippen LogP contribution in [0.15, 0.2) is 23.7 Å². The summed E-state index contributed by atoms with van der Waals surface area (Å²) in [6.07, 6.45) is 1.54. The van der Waals surface area contributed by atoms with Gasteiger partial charge in [-0.15, -0.1) is 16.4 Å². The van der Waals surface area contributed by atoms with Crippen molar-refractivity contribution >= 4 is 23.2 Å². The van der Waals surface area contributed by atoms with Crippen LogP contribution in [-0.2, 0) is 16.1 Å². The van der Waals surface area contributed by atoms with Crippen molar-refractivity contribution in [2.24, 2.45) is 0 Å². The van der Waals surface area contributed by atoms with Gasteiger partial charge in [0.05, 0.1) is 18.8 Å². The molecule has 23 heavy (non-hydrogen) atoms. The predicted octanol–water partition coefficient (Wildman–Crippen LogP) is 0.702. The molecule has 1 aliphatic heterocycles. The molecule has 1 fully saturated rings. The fraction of sp³-hybridized carbons (Fsp3) is 0.429. The van der Waals surface area contributed by atoms with Gasteiger partial charge in [-0.3, -0.25) is 4.79 Å². The minimum absolute atomic E-state index is 0.143. The van der Waals surface area contributed by atoms with Crippen molar-refractivity contribution in [3.8, 4) is 0 Å². The quantitative estimate of drug-likeness (QED) is 0.863. The molecule has 0 radical (unpaired) electrons. The number of carbonyl (C=O) groups excluding carboxylic acids is 1. The second-order valence-electron chi connectivity index (χ2n) is 5.29. The summed E-state index contributed by atoms with van der Waals surface area (Å²) in [4.78, 5) is 26.3. The number of thiophene rings is 1. The lowest BCUT2D eigenvalue weighted by atomic mass is 10.2. The fourth-order valence-corrected chi connectivity index (χ4v) is 3.31. The highest BCUT2D eigenvalue weighted by molar-refractivity contribution is 7.09. The summed E-state index contributed by atoms with van der Waals surface area (Å²) in [7, 11) is 1.51. The van der Waals surface area contributed by atoms with Crippen LogP contribution in [0.25, 0.3) is 0 Å². The highest BCUT2D eigenvalue weighted by Gasteiger charge is 2.40. The SMILES string of the molecule is COC1CC(C(=O)O)N(C(=O)c2cn(Cc3cccs3)nn2)C1. The minimum atomic E-state index is -1.04. The first-order valence-electron chi connectivity index (χ1n) is 7.07. The molecule has 0 bridgehead atoms. The molecule has 2 unspecified atom stereocenters. The maximum Gasteiger partial charge on any atom is 0.326 e. The van der Waals surface area contributed by atoms with Crippen LogP contribution < -0.4 is 0 Å². The molecule has 3 rings (SSSR count). The van der Waals surface area contributed by atoms with Crippen LogP contribution in [0, 0.1) is 0 Å². The third kappa shape index (κ3) is 3.25. The van der Waals surface area contributed by atoms with Crippen molar-refractivity contribution in [2.75, 3.05) is 13.7 Å². The molecule has 9 heteroatoms. The van der Waals surface area contributed by atoms with E-state index in [1.807, 2.05) is 17.5 Å². The maximum absolute atomic E-state index is 12.5. The smallest absolute Gasteiger partial charge is 0.326 e. The number of likely N-dealkylation sites (tertiary alicyclic amines) is 1. The number of amides is 1. The lowest BCUT2D eigenvalue weighted by Gasteiger charge is -2.19. The van der Waals surface area contributed by atoms with Gasteiger partial charge in [-0.25, -0.2) is 9.48 Å². The van der Waals surface area contributed by atoms with Gasteiger partial charge < -0.3 is 14.7 Å². The van der Waals surface area contributed by atoms with Gasteiger partial charge in [-0.1, -0.05) is 11.3 Å². The summed E-state index contributed by atoms with van der Waals surface area (Å²) in [5.41, 5.74) is 0.143. The van der Waals surface area contributed by atoms with Gasteiger partial charge in [0.25, 0.3) is 5.91 Å². The Morgan fingerprint density at radius 2 is 2.35 bits per heavy atom. The van der Waals surface area contributed by atoms with E-state index in [0.29, 0.717) is 6.54 Å². The van der Waals surface area contributed by atoms with Crippen LogP contribution in [0.1, 0.15) is 21.8 Å². The molecule has 0 saturated carbocycles. The minimum Gasteiger partial charge on any atom is -0.480 e. The van der Waals surface area contributed by atoms with E-state index in [4.69, 9.17) is 4.74 Å². The summed E-state index contributed by atoms with van der Waals surface area (Å²) in [6, 6.07) is 3.02. The van der Waals surface area contributed by atoms with Crippen LogP contribution >= 0.6 is 11.3 Å². The molecule has 122 valence electrons. The van der Waals surface area contributed by atoms with Crippen molar-refractivity contribution in [1.29, 1.82) is 0 Å². The van der Waals surface area contributed by atoms with E-state index in [9.17, 15) is 14.7 Å². The fourth-order valence-electron chi connectivity index (χ4n) is 2.61. The van der Waals surface area contributed by atoms with Crippen molar-refractivity contribution < 1.29 is 19.4 Å². The first-order valence-corrected chi connectivity index (χ1v) is 7.95. The molecule has 8 nitrogen and oxygen atoms in total. The number of aromatic nitrogens is 3. The third-order valence-corrected chi connectivity index (χ3v) is 4.66. The molecule has 0 aromatic carbocycles. The molecule has 3 heterocycles. The molecule has 2 aromatic heterocycles. The van der Waals surface area contributed by atoms with Gasteiger partial charge in [-0.05, 0) is 11.4 Å². The van der Waals surface area contributed by atoms with Crippen molar-refractivity contribution in [3.05, 3.63) is 34.3 Å². The Kier molecular flexibility index (Phi) is 4.39. The number of methoxy groups -OCH3 is 1. The van der Waals surface area contributed by atoms with Gasteiger partial charge in [0.1, 0.15) is 6.04 Å². The number of carboxylic acids is 1. The number of hydrogen-bond donors (Lipinski definition) is 1. The second kappa shape index (κ2) is 6.47. The van der Waals surface area contributed by atoms with Crippen molar-refractivity contribution in [3.63, 3.8) is 0 Å². The van der Waals surface area contributed by atoms with Crippen LogP contribution in [0.2, 0.25) is 0 Å². The summed E-state index contributed by atoms with van der Waals surface area (Å²) < 4.78 is 6.75. The van der Waals surface area contributed by atoms with E-state index in [1.165, 1.54) is 12.0 Å². The lowest BCUT2D eigenvalue weighted by Crippen LogP contribution is -2.40. The van der Waals surface area contributed by atoms with Crippen LogP contribution in [0.3, 0.4) is 0 Å². The van der Waals surface area contributed by atoms with Crippen LogP contribution in [-0.4, -0.2) is 62.7 Å². The van der Waals surface area contributed by atoms with E-state index in [1.54, 1.807) is 22.2 Å². The van der Waals surface area contributed by atoms with Gasteiger partial charge in [-0.2, -0.15) is 0 Å². The number of hydrogen-bond acceptors (Lipinski definition) is 6. The van der Waals surface area contributed by atoms with E-state index in [2.05, 4.69) is 10.3 Å². The first kappa shape index (κ1) is 15.6. The largest absolute Gasteiger partial charge is 0.480 e. The van der Waals surface area contributed by atoms with Gasteiger partial charge in [0.15, 0.2) is 5.69 Å². The summed E-state index contributed by atoms with van der Waals surface area (Å²) in [6.45, 7) is 0.769. The average molecular weight is 336 g/mol. The molecule has 2 atom stereocenters. The Bertz CT molecular complexity index is 699. The molecule has 1 aliphatic rings. The normalized spacial score (nSPS) is 20.8. The van der Waals surface area contributed by atoms with E-state index in [0.717, 1.165) is 4.88 Å². The Balaban J connectivity index is 1.74. The number of aliphatic carboxylic acids is 1. The van der Waals surface area contributed by atoms with Gasteiger partial charge in [0.2, 0.25) is 0 Å². The summed E-state index contributed by atoms with van der Waals surface area (Å²) >= 11 is 1.59. The van der Waals surface area contributed by atoms with Crippen molar-refractivity contribution in [2.45, 2.75) is 25.1 Å². The second-order valence-corrected chi connectivity index (χ2v) is 6.32. The Morgan fingerprint density at radius 3 is 3.00 bits per heavy atom. The van der Waals surface area contributed by atoms with E-state index in [-0.39, 0.29) is 24.8 Å². The summed E-state index contributed by atoms with van der Waals surface area (Å²) in [5.74, 6) is -1.47. The van der Waals surface area contributed by atoms with E-state index < -0.39 is 17.9 Å². The average Bonchev–Trinajstić information content (AvgIpc) is 3.27. The number of carboxylic acid groups (broad SMARTS) is 1. The highest BCUT2D eigenvalue weighted by Crippen LogP contribution is 2.22. The molecule has 1 amide bonds. The zero-order valence-electron chi connectivity index (χ0n) is 12.5. The topological polar surface area (TPSA) is 97.6 Å². The molecular weight excluding hydrogens is 320 g/mol. The number of carbonyl (C=O) groups is 2. The monoisotopic (exact) mass is 336 g/mol. The molecule has 2 aromatic rings. The third-order valence-electron chi connectivity index (χ3n) is 3.80. The maximum atomic E-state index is 12.5. The van der Waals surface area contributed by atoms with Crippen molar-refractivity contribution in [1.82, 2.24) is 19.9 Å².